The molecule has 0 aliphatic heterocycles. The molecule has 1 amide bonds. The number of halogens is 1. The molecule has 0 aliphatic rings. The first-order valence-electron chi connectivity index (χ1n) is 5.74. The van der Waals surface area contributed by atoms with Crippen LogP contribution in [0.1, 0.15) is 37.5 Å². The minimum absolute atomic E-state index is 0.01000. The van der Waals surface area contributed by atoms with Crippen molar-refractivity contribution in [1.29, 1.82) is 0 Å². The number of carbonyl (C=O) groups excluding carboxylic acids is 1. The summed E-state index contributed by atoms with van der Waals surface area (Å²) in [5.41, 5.74) is 4.50. The molecule has 3 heteroatoms. The third-order valence-electron chi connectivity index (χ3n) is 2.93. The van der Waals surface area contributed by atoms with Crippen LogP contribution in [0.25, 0.3) is 0 Å². The lowest BCUT2D eigenvalue weighted by Crippen LogP contribution is -2.20. The van der Waals surface area contributed by atoms with Crippen molar-refractivity contribution in [3.05, 3.63) is 28.8 Å². The van der Waals surface area contributed by atoms with Gasteiger partial charge in [0.15, 0.2) is 0 Å². The number of carbonyl (C=O) groups is 1. The third kappa shape index (κ3) is 3.32. The Balaban J connectivity index is 3.32. The van der Waals surface area contributed by atoms with E-state index in [1.807, 2.05) is 0 Å². The first-order chi connectivity index (χ1) is 7.77. The number of nitrogens with one attached hydrogen (secondary N) is 1. The Morgan fingerprint density at radius 3 is 2.35 bits per heavy atom. The minimum Gasteiger partial charge on any atom is -0.325 e. The van der Waals surface area contributed by atoms with Gasteiger partial charge in [-0.05, 0) is 36.0 Å². The Morgan fingerprint density at radius 1 is 1.29 bits per heavy atom. The van der Waals surface area contributed by atoms with Gasteiger partial charge in [0, 0.05) is 5.69 Å². The number of anilines is 1. The lowest BCUT2D eigenvalue weighted by molar-refractivity contribution is -0.113. The molecule has 1 aromatic carbocycles. The topological polar surface area (TPSA) is 29.1 Å². The van der Waals surface area contributed by atoms with Gasteiger partial charge < -0.3 is 5.32 Å². The molecule has 0 aromatic heterocycles. The van der Waals surface area contributed by atoms with Crippen LogP contribution in [0.3, 0.4) is 0 Å². The van der Waals surface area contributed by atoms with Gasteiger partial charge in [0.05, 0.1) is 5.33 Å². The average molecular weight is 298 g/mol. The lowest BCUT2D eigenvalue weighted by atomic mass is 9.83. The monoisotopic (exact) mass is 297 g/mol. The van der Waals surface area contributed by atoms with Crippen molar-refractivity contribution >= 4 is 27.5 Å². The summed E-state index contributed by atoms with van der Waals surface area (Å²) in [6, 6.07) is 4.21. The smallest absolute Gasteiger partial charge is 0.235 e. The van der Waals surface area contributed by atoms with E-state index in [4.69, 9.17) is 0 Å². The number of hydrogen-bond donors (Lipinski definition) is 1. The van der Waals surface area contributed by atoms with Crippen molar-refractivity contribution in [3.8, 4) is 0 Å². The predicted molar refractivity (Wildman–Crippen MR) is 77.0 cm³/mol. The van der Waals surface area contributed by atoms with E-state index < -0.39 is 0 Å². The van der Waals surface area contributed by atoms with Gasteiger partial charge in [0.25, 0.3) is 0 Å². The summed E-state index contributed by atoms with van der Waals surface area (Å²) >= 11 is 3.18. The molecule has 2 nitrogen and oxygen atoms in total. The molecule has 17 heavy (non-hydrogen) atoms. The van der Waals surface area contributed by atoms with Crippen molar-refractivity contribution in [2.24, 2.45) is 0 Å². The summed E-state index contributed by atoms with van der Waals surface area (Å²) in [7, 11) is 0. The molecular weight excluding hydrogens is 278 g/mol. The first-order valence-corrected chi connectivity index (χ1v) is 6.86. The van der Waals surface area contributed by atoms with Crippen LogP contribution in [0, 0.1) is 13.8 Å². The zero-order valence-electron chi connectivity index (χ0n) is 11.1. The number of aryl methyl sites for hydroxylation is 1. The Morgan fingerprint density at radius 2 is 1.88 bits per heavy atom. The van der Waals surface area contributed by atoms with E-state index in [0.717, 1.165) is 11.3 Å². The molecule has 1 rings (SSSR count). The molecule has 0 aliphatic carbocycles. The van der Waals surface area contributed by atoms with Gasteiger partial charge in [-0.3, -0.25) is 4.79 Å². The van der Waals surface area contributed by atoms with Crippen molar-refractivity contribution in [3.63, 3.8) is 0 Å². The van der Waals surface area contributed by atoms with E-state index >= 15 is 0 Å². The lowest BCUT2D eigenvalue weighted by Gasteiger charge is -2.25. The van der Waals surface area contributed by atoms with Crippen molar-refractivity contribution in [2.75, 3.05) is 10.6 Å². The standard InChI is InChI=1S/C14H20BrNO/c1-9-6-7-11(14(3,4)5)13(10(9)2)16-12(17)8-15/h6-7H,8H2,1-5H3,(H,16,17). The Bertz CT molecular complexity index is 433. The second kappa shape index (κ2) is 5.21. The van der Waals surface area contributed by atoms with Crippen LogP contribution in [0.2, 0.25) is 0 Å². The number of alkyl halides is 1. The highest BCUT2D eigenvalue weighted by molar-refractivity contribution is 9.09. The third-order valence-corrected chi connectivity index (χ3v) is 3.44. The molecule has 0 heterocycles. The van der Waals surface area contributed by atoms with Gasteiger partial charge in [0.2, 0.25) is 5.91 Å². The number of benzene rings is 1. The maximum Gasteiger partial charge on any atom is 0.235 e. The highest BCUT2D eigenvalue weighted by atomic mass is 79.9. The minimum atomic E-state index is -0.01000. The molecule has 0 radical (unpaired) electrons. The number of amides is 1. The molecule has 0 unspecified atom stereocenters. The van der Waals surface area contributed by atoms with Gasteiger partial charge in [-0.15, -0.1) is 0 Å². The summed E-state index contributed by atoms with van der Waals surface area (Å²) < 4.78 is 0. The zero-order valence-corrected chi connectivity index (χ0v) is 12.7. The van der Waals surface area contributed by atoms with E-state index in [-0.39, 0.29) is 11.3 Å². The van der Waals surface area contributed by atoms with Gasteiger partial charge >= 0.3 is 0 Å². The molecule has 0 saturated carbocycles. The van der Waals surface area contributed by atoms with Gasteiger partial charge in [0.1, 0.15) is 0 Å². The Labute approximate surface area is 112 Å². The van der Waals surface area contributed by atoms with Crippen molar-refractivity contribution < 1.29 is 4.79 Å². The fraction of sp³-hybridized carbons (Fsp3) is 0.500. The molecule has 0 saturated heterocycles. The fourth-order valence-corrected chi connectivity index (χ4v) is 1.91. The van der Waals surface area contributed by atoms with Crippen molar-refractivity contribution in [1.82, 2.24) is 0 Å². The Kier molecular flexibility index (Phi) is 4.36. The van der Waals surface area contributed by atoms with E-state index in [1.165, 1.54) is 11.1 Å². The predicted octanol–water partition coefficient (Wildman–Crippen LogP) is 3.93. The maximum atomic E-state index is 11.6. The number of hydrogen-bond acceptors (Lipinski definition) is 1. The van der Waals surface area contributed by atoms with E-state index in [2.05, 4.69) is 68.0 Å². The van der Waals surface area contributed by atoms with Gasteiger partial charge in [-0.2, -0.15) is 0 Å². The molecule has 0 fully saturated rings. The van der Waals surface area contributed by atoms with Gasteiger partial charge in [-0.1, -0.05) is 48.8 Å². The molecule has 1 N–H and O–H groups in total. The van der Waals surface area contributed by atoms with Crippen LogP contribution < -0.4 is 5.32 Å². The van der Waals surface area contributed by atoms with Crippen LogP contribution in [0.15, 0.2) is 12.1 Å². The van der Waals surface area contributed by atoms with E-state index in [0.29, 0.717) is 5.33 Å². The summed E-state index contributed by atoms with van der Waals surface area (Å²) in [6.45, 7) is 10.6. The van der Waals surface area contributed by atoms with E-state index in [9.17, 15) is 4.79 Å². The summed E-state index contributed by atoms with van der Waals surface area (Å²) in [6.07, 6.45) is 0. The average Bonchev–Trinajstić information content (AvgIpc) is 2.22. The largest absolute Gasteiger partial charge is 0.325 e. The molecule has 0 atom stereocenters. The van der Waals surface area contributed by atoms with Crippen LogP contribution in [0.4, 0.5) is 5.69 Å². The fourth-order valence-electron chi connectivity index (χ4n) is 1.77. The second-order valence-corrected chi connectivity index (χ2v) is 5.92. The Hall–Kier alpha value is -0.830. The zero-order chi connectivity index (χ0) is 13.2. The molecule has 0 bridgehead atoms. The highest BCUT2D eigenvalue weighted by Gasteiger charge is 2.20. The van der Waals surface area contributed by atoms with Crippen LogP contribution in [-0.4, -0.2) is 11.2 Å². The van der Waals surface area contributed by atoms with Gasteiger partial charge in [-0.25, -0.2) is 0 Å². The molecule has 0 spiro atoms. The SMILES string of the molecule is Cc1ccc(C(C)(C)C)c(NC(=O)CBr)c1C. The number of rotatable bonds is 2. The summed E-state index contributed by atoms with van der Waals surface area (Å²) in [4.78, 5) is 11.6. The summed E-state index contributed by atoms with van der Waals surface area (Å²) in [5.74, 6) is -0.01000. The normalized spacial score (nSPS) is 11.4. The van der Waals surface area contributed by atoms with Crippen LogP contribution in [-0.2, 0) is 10.2 Å². The highest BCUT2D eigenvalue weighted by Crippen LogP contribution is 2.33. The van der Waals surface area contributed by atoms with Crippen LogP contribution in [0.5, 0.6) is 0 Å². The maximum absolute atomic E-state index is 11.6. The quantitative estimate of drug-likeness (QED) is 0.823. The van der Waals surface area contributed by atoms with Crippen LogP contribution >= 0.6 is 15.9 Å². The molecule has 94 valence electrons. The summed E-state index contributed by atoms with van der Waals surface area (Å²) in [5, 5.41) is 3.31. The molecular formula is C14H20BrNO. The van der Waals surface area contributed by atoms with E-state index in [1.54, 1.807) is 0 Å². The second-order valence-electron chi connectivity index (χ2n) is 5.36. The first kappa shape index (κ1) is 14.2. The molecule has 1 aromatic rings. The van der Waals surface area contributed by atoms with Crippen molar-refractivity contribution in [2.45, 2.75) is 40.0 Å².